The van der Waals surface area contributed by atoms with Gasteiger partial charge in [0, 0.05) is 18.8 Å². The van der Waals surface area contributed by atoms with Gasteiger partial charge in [0.2, 0.25) is 0 Å². The number of piperidine rings is 1. The molecule has 0 aliphatic carbocycles. The highest BCUT2D eigenvalue weighted by Gasteiger charge is 2.22. The third-order valence-corrected chi connectivity index (χ3v) is 3.36. The number of nitrogens with zero attached hydrogens (tertiary/aromatic N) is 1. The molecule has 1 unspecified atom stereocenters. The van der Waals surface area contributed by atoms with Crippen LogP contribution in [0, 0.1) is 6.92 Å². The molecule has 0 aromatic heterocycles. The number of hydrogen-bond donors (Lipinski definition) is 2. The smallest absolute Gasteiger partial charge is 0.321 e. The number of aryl methyl sites for hydroxylation is 1. The number of carbonyl (C=O) groups excluding carboxylic acids is 1. The molecule has 1 atom stereocenters. The van der Waals surface area contributed by atoms with Gasteiger partial charge >= 0.3 is 6.03 Å². The average Bonchev–Trinajstić information content (AvgIpc) is 2.41. The molecule has 2 amide bonds. The Balaban J connectivity index is 2.02. The van der Waals surface area contributed by atoms with Crippen LogP contribution in [-0.4, -0.2) is 42.3 Å². The van der Waals surface area contributed by atoms with Gasteiger partial charge in [-0.3, -0.25) is 0 Å². The maximum absolute atomic E-state index is 12.1. The lowest BCUT2D eigenvalue weighted by Gasteiger charge is -2.30. The standard InChI is InChI=1S/C14H20N2O3/c1-10-8-12(19-2)5-6-13(10)15-14(18)16-7-3-4-11(17)9-16/h5-6,8,11,17H,3-4,7,9H2,1-2H3,(H,15,18). The number of methoxy groups -OCH3 is 1. The molecule has 1 saturated heterocycles. The first-order valence-electron chi connectivity index (χ1n) is 6.49. The number of hydrogen-bond acceptors (Lipinski definition) is 3. The number of urea groups is 1. The molecule has 5 nitrogen and oxygen atoms in total. The Morgan fingerprint density at radius 2 is 2.32 bits per heavy atom. The van der Waals surface area contributed by atoms with E-state index in [-0.39, 0.29) is 6.03 Å². The lowest BCUT2D eigenvalue weighted by molar-refractivity contribution is 0.0883. The number of carbonyl (C=O) groups is 1. The van der Waals surface area contributed by atoms with Crippen LogP contribution in [0.3, 0.4) is 0 Å². The van der Waals surface area contributed by atoms with Crippen LogP contribution < -0.4 is 10.1 Å². The molecule has 2 rings (SSSR count). The van der Waals surface area contributed by atoms with Crippen molar-refractivity contribution in [2.45, 2.75) is 25.9 Å². The van der Waals surface area contributed by atoms with Crippen molar-refractivity contribution in [1.82, 2.24) is 4.90 Å². The second-order valence-electron chi connectivity index (χ2n) is 4.85. The zero-order chi connectivity index (χ0) is 13.8. The Morgan fingerprint density at radius 1 is 1.53 bits per heavy atom. The Hall–Kier alpha value is -1.75. The fourth-order valence-electron chi connectivity index (χ4n) is 2.24. The first-order chi connectivity index (χ1) is 9.10. The minimum absolute atomic E-state index is 0.160. The predicted molar refractivity (Wildman–Crippen MR) is 73.6 cm³/mol. The molecule has 1 aliphatic rings. The summed E-state index contributed by atoms with van der Waals surface area (Å²) in [5.74, 6) is 0.767. The summed E-state index contributed by atoms with van der Waals surface area (Å²) >= 11 is 0. The number of likely N-dealkylation sites (tertiary alicyclic amines) is 1. The maximum atomic E-state index is 12.1. The summed E-state index contributed by atoms with van der Waals surface area (Å²) in [5.41, 5.74) is 1.72. The van der Waals surface area contributed by atoms with Gasteiger partial charge in [0.05, 0.1) is 13.2 Å². The number of nitrogens with one attached hydrogen (secondary N) is 1. The topological polar surface area (TPSA) is 61.8 Å². The van der Waals surface area contributed by atoms with Crippen molar-refractivity contribution in [1.29, 1.82) is 0 Å². The summed E-state index contributed by atoms with van der Waals surface area (Å²) in [6.45, 7) is 3.02. The van der Waals surface area contributed by atoms with Crippen molar-refractivity contribution < 1.29 is 14.6 Å². The predicted octanol–water partition coefficient (Wildman–Crippen LogP) is 1.99. The molecule has 1 aromatic rings. The number of amides is 2. The molecule has 1 aromatic carbocycles. The lowest BCUT2D eigenvalue weighted by Crippen LogP contribution is -2.44. The first-order valence-corrected chi connectivity index (χ1v) is 6.49. The molecule has 0 saturated carbocycles. The van der Waals surface area contributed by atoms with E-state index in [2.05, 4.69) is 5.32 Å². The summed E-state index contributed by atoms with van der Waals surface area (Å²) in [6.07, 6.45) is 1.21. The number of rotatable bonds is 2. The quantitative estimate of drug-likeness (QED) is 0.858. The van der Waals surface area contributed by atoms with Crippen LogP contribution in [0.1, 0.15) is 18.4 Å². The van der Waals surface area contributed by atoms with Crippen molar-refractivity contribution in [2.24, 2.45) is 0 Å². The first kappa shape index (κ1) is 13.7. The van der Waals surface area contributed by atoms with Gasteiger partial charge in [-0.1, -0.05) is 0 Å². The Labute approximate surface area is 113 Å². The van der Waals surface area contributed by atoms with Crippen LogP contribution in [0.5, 0.6) is 5.75 Å². The molecule has 19 heavy (non-hydrogen) atoms. The summed E-state index contributed by atoms with van der Waals surface area (Å²) in [6, 6.07) is 5.35. The van der Waals surface area contributed by atoms with Gasteiger partial charge in [0.15, 0.2) is 0 Å². The third kappa shape index (κ3) is 3.38. The van der Waals surface area contributed by atoms with Crippen LogP contribution in [-0.2, 0) is 0 Å². The van der Waals surface area contributed by atoms with E-state index < -0.39 is 6.10 Å². The average molecular weight is 264 g/mol. The van der Waals surface area contributed by atoms with E-state index in [1.165, 1.54) is 0 Å². The van der Waals surface area contributed by atoms with Gasteiger partial charge in [0.1, 0.15) is 5.75 Å². The fourth-order valence-corrected chi connectivity index (χ4v) is 2.24. The fraction of sp³-hybridized carbons (Fsp3) is 0.500. The van der Waals surface area contributed by atoms with Crippen LogP contribution in [0.15, 0.2) is 18.2 Å². The molecular formula is C14H20N2O3. The largest absolute Gasteiger partial charge is 0.497 e. The summed E-state index contributed by atoms with van der Waals surface area (Å²) in [7, 11) is 1.61. The van der Waals surface area contributed by atoms with Crippen LogP contribution in [0.25, 0.3) is 0 Å². The minimum Gasteiger partial charge on any atom is -0.497 e. The van der Waals surface area contributed by atoms with Crippen LogP contribution >= 0.6 is 0 Å². The van der Waals surface area contributed by atoms with Gasteiger partial charge in [-0.2, -0.15) is 0 Å². The number of aliphatic hydroxyl groups excluding tert-OH is 1. The normalized spacial score (nSPS) is 19.1. The Kier molecular flexibility index (Phi) is 4.27. The molecule has 104 valence electrons. The molecule has 0 radical (unpaired) electrons. The molecule has 1 aliphatic heterocycles. The SMILES string of the molecule is COc1ccc(NC(=O)N2CCCC(O)C2)c(C)c1. The van der Waals surface area contributed by atoms with E-state index in [4.69, 9.17) is 4.74 Å². The molecule has 5 heteroatoms. The molecule has 1 fully saturated rings. The summed E-state index contributed by atoms with van der Waals surface area (Å²) in [5, 5.41) is 12.5. The van der Waals surface area contributed by atoms with E-state index in [0.29, 0.717) is 13.1 Å². The van der Waals surface area contributed by atoms with E-state index >= 15 is 0 Å². The van der Waals surface area contributed by atoms with Crippen molar-refractivity contribution in [3.8, 4) is 5.75 Å². The number of ether oxygens (including phenoxy) is 1. The molecular weight excluding hydrogens is 244 g/mol. The van der Waals surface area contributed by atoms with Gasteiger partial charge < -0.3 is 20.1 Å². The minimum atomic E-state index is -0.406. The van der Waals surface area contributed by atoms with Crippen LogP contribution in [0.4, 0.5) is 10.5 Å². The lowest BCUT2D eigenvalue weighted by atomic mass is 10.1. The Morgan fingerprint density at radius 3 is 2.95 bits per heavy atom. The van der Waals surface area contributed by atoms with E-state index in [1.807, 2.05) is 25.1 Å². The second kappa shape index (κ2) is 5.93. The van der Waals surface area contributed by atoms with E-state index in [9.17, 15) is 9.90 Å². The Bertz CT molecular complexity index is 462. The van der Waals surface area contributed by atoms with Gasteiger partial charge in [-0.25, -0.2) is 4.79 Å². The zero-order valence-corrected chi connectivity index (χ0v) is 11.3. The molecule has 0 bridgehead atoms. The third-order valence-electron chi connectivity index (χ3n) is 3.36. The van der Waals surface area contributed by atoms with Crippen molar-refractivity contribution >= 4 is 11.7 Å². The highest BCUT2D eigenvalue weighted by atomic mass is 16.5. The van der Waals surface area contributed by atoms with Gasteiger partial charge in [0.25, 0.3) is 0 Å². The number of benzene rings is 1. The van der Waals surface area contributed by atoms with E-state index in [1.54, 1.807) is 12.0 Å². The molecule has 0 spiro atoms. The monoisotopic (exact) mass is 264 g/mol. The van der Waals surface area contributed by atoms with E-state index in [0.717, 1.165) is 29.8 Å². The van der Waals surface area contributed by atoms with Crippen molar-refractivity contribution in [3.05, 3.63) is 23.8 Å². The molecule has 1 heterocycles. The summed E-state index contributed by atoms with van der Waals surface area (Å²) < 4.78 is 5.13. The van der Waals surface area contributed by atoms with Crippen molar-refractivity contribution in [3.63, 3.8) is 0 Å². The highest BCUT2D eigenvalue weighted by Crippen LogP contribution is 2.21. The number of β-amino-alcohol motifs (C(OH)–C–C–N with tert-alkyl or cyclic N) is 1. The van der Waals surface area contributed by atoms with Crippen LogP contribution in [0.2, 0.25) is 0 Å². The van der Waals surface area contributed by atoms with Gasteiger partial charge in [-0.15, -0.1) is 0 Å². The van der Waals surface area contributed by atoms with Crippen molar-refractivity contribution in [2.75, 3.05) is 25.5 Å². The highest BCUT2D eigenvalue weighted by molar-refractivity contribution is 5.90. The number of aliphatic hydroxyl groups is 1. The second-order valence-corrected chi connectivity index (χ2v) is 4.85. The molecule has 2 N–H and O–H groups in total. The summed E-state index contributed by atoms with van der Waals surface area (Å²) in [4.78, 5) is 13.7. The zero-order valence-electron chi connectivity index (χ0n) is 11.3. The number of anilines is 1. The van der Waals surface area contributed by atoms with Gasteiger partial charge in [-0.05, 0) is 43.5 Å². The maximum Gasteiger partial charge on any atom is 0.321 e.